The summed E-state index contributed by atoms with van der Waals surface area (Å²) in [6.45, 7) is 3.49. The second kappa shape index (κ2) is 5.47. The number of sulfonamides is 1. The fraction of sp³-hybridized carbons (Fsp3) is 0.467. The van der Waals surface area contributed by atoms with Gasteiger partial charge in [0.25, 0.3) is 0 Å². The molecule has 1 saturated heterocycles. The number of fused-ring (bicyclic) bond motifs is 1. The van der Waals surface area contributed by atoms with Gasteiger partial charge in [0, 0.05) is 17.8 Å². The quantitative estimate of drug-likeness (QED) is 0.866. The van der Waals surface area contributed by atoms with Gasteiger partial charge in [-0.15, -0.1) is 11.3 Å². The molecular formula is C15H19NO2S2. The first-order chi connectivity index (χ1) is 9.61. The third-order valence-corrected chi connectivity index (χ3v) is 7.01. The van der Waals surface area contributed by atoms with Crippen LogP contribution in [0.15, 0.2) is 34.5 Å². The molecular weight excluding hydrogens is 290 g/mol. The molecule has 2 aromatic rings. The lowest BCUT2D eigenvalue weighted by atomic mass is 9.96. The van der Waals surface area contributed by atoms with Crippen molar-refractivity contribution in [2.75, 3.05) is 13.1 Å². The van der Waals surface area contributed by atoms with Crippen molar-refractivity contribution in [2.24, 2.45) is 5.92 Å². The minimum Gasteiger partial charge on any atom is -0.207 e. The minimum atomic E-state index is -3.33. The molecule has 108 valence electrons. The first kappa shape index (κ1) is 14.0. The van der Waals surface area contributed by atoms with E-state index in [9.17, 15) is 8.42 Å². The zero-order valence-electron chi connectivity index (χ0n) is 11.6. The lowest BCUT2D eigenvalue weighted by Crippen LogP contribution is -2.38. The molecule has 3 rings (SSSR count). The standard InChI is InChI=1S/C15H19NO2S2/c1-2-12-5-8-16(9-6-12)20(17,18)14-3-4-15-13(11-14)7-10-19-15/h3-4,7,10-12H,2,5-6,8-9H2,1H3. The predicted octanol–water partition coefficient (Wildman–Crippen LogP) is 3.71. The van der Waals surface area contributed by atoms with Gasteiger partial charge in [-0.1, -0.05) is 13.3 Å². The van der Waals surface area contributed by atoms with E-state index in [0.717, 1.165) is 29.3 Å². The molecule has 5 heteroatoms. The summed E-state index contributed by atoms with van der Waals surface area (Å²) in [5.41, 5.74) is 0. The van der Waals surface area contributed by atoms with Gasteiger partial charge in [-0.2, -0.15) is 4.31 Å². The Bertz CT molecular complexity index is 697. The minimum absolute atomic E-state index is 0.429. The van der Waals surface area contributed by atoms with Crippen molar-refractivity contribution >= 4 is 31.4 Å². The highest BCUT2D eigenvalue weighted by Crippen LogP contribution is 2.28. The molecule has 0 radical (unpaired) electrons. The van der Waals surface area contributed by atoms with Crippen molar-refractivity contribution in [3.8, 4) is 0 Å². The molecule has 0 unspecified atom stereocenters. The van der Waals surface area contributed by atoms with Crippen molar-refractivity contribution in [2.45, 2.75) is 31.1 Å². The third-order valence-electron chi connectivity index (χ3n) is 4.21. The maximum atomic E-state index is 12.7. The van der Waals surface area contributed by atoms with Crippen LogP contribution < -0.4 is 0 Å². The van der Waals surface area contributed by atoms with Crippen molar-refractivity contribution in [1.29, 1.82) is 0 Å². The SMILES string of the molecule is CCC1CCN(S(=O)(=O)c2ccc3sccc3c2)CC1. The normalized spacial score (nSPS) is 18.6. The number of piperidine rings is 1. The zero-order chi connectivity index (χ0) is 14.2. The molecule has 0 atom stereocenters. The number of hydrogen-bond donors (Lipinski definition) is 0. The number of thiophene rings is 1. The Balaban J connectivity index is 1.87. The van der Waals surface area contributed by atoms with E-state index in [2.05, 4.69) is 6.92 Å². The third kappa shape index (κ3) is 2.50. The Morgan fingerprint density at radius 2 is 2.00 bits per heavy atom. The molecule has 1 aromatic heterocycles. The smallest absolute Gasteiger partial charge is 0.207 e. The van der Waals surface area contributed by atoms with E-state index in [4.69, 9.17) is 0 Å². The highest BCUT2D eigenvalue weighted by molar-refractivity contribution is 7.89. The van der Waals surface area contributed by atoms with Crippen LogP contribution in [-0.2, 0) is 10.0 Å². The van der Waals surface area contributed by atoms with Crippen molar-refractivity contribution in [3.05, 3.63) is 29.6 Å². The van der Waals surface area contributed by atoms with Crippen LogP contribution in [0.3, 0.4) is 0 Å². The van der Waals surface area contributed by atoms with Gasteiger partial charge >= 0.3 is 0 Å². The monoisotopic (exact) mass is 309 g/mol. The molecule has 0 bridgehead atoms. The topological polar surface area (TPSA) is 37.4 Å². The Kier molecular flexibility index (Phi) is 3.84. The summed E-state index contributed by atoms with van der Waals surface area (Å²) < 4.78 is 28.1. The van der Waals surface area contributed by atoms with E-state index in [-0.39, 0.29) is 0 Å². The molecule has 2 heterocycles. The zero-order valence-corrected chi connectivity index (χ0v) is 13.2. The molecule has 1 aromatic carbocycles. The second-order valence-electron chi connectivity index (χ2n) is 5.38. The number of benzene rings is 1. The number of nitrogens with zero attached hydrogens (tertiary/aromatic N) is 1. The molecule has 0 aliphatic carbocycles. The summed E-state index contributed by atoms with van der Waals surface area (Å²) in [5, 5.41) is 3.01. The van der Waals surface area contributed by atoms with Crippen LogP contribution >= 0.6 is 11.3 Å². The number of hydrogen-bond acceptors (Lipinski definition) is 3. The molecule has 0 amide bonds. The van der Waals surface area contributed by atoms with Gasteiger partial charge in [0.1, 0.15) is 0 Å². The van der Waals surface area contributed by atoms with Crippen molar-refractivity contribution in [3.63, 3.8) is 0 Å². The van der Waals surface area contributed by atoms with Crippen LogP contribution in [0, 0.1) is 5.92 Å². The number of rotatable bonds is 3. The van der Waals surface area contributed by atoms with Crippen LogP contribution in [0.5, 0.6) is 0 Å². The Hall–Kier alpha value is -0.910. The Morgan fingerprint density at radius 1 is 1.25 bits per heavy atom. The summed E-state index contributed by atoms with van der Waals surface area (Å²) in [6, 6.07) is 7.42. The van der Waals surface area contributed by atoms with E-state index in [0.29, 0.717) is 23.9 Å². The summed E-state index contributed by atoms with van der Waals surface area (Å²) in [4.78, 5) is 0.429. The molecule has 0 saturated carbocycles. The molecule has 1 aliphatic heterocycles. The van der Waals surface area contributed by atoms with Gasteiger partial charge in [-0.05, 0) is 53.8 Å². The molecule has 20 heavy (non-hydrogen) atoms. The van der Waals surface area contributed by atoms with Gasteiger partial charge in [-0.25, -0.2) is 8.42 Å². The predicted molar refractivity (Wildman–Crippen MR) is 83.6 cm³/mol. The first-order valence-corrected chi connectivity index (χ1v) is 9.40. The molecule has 1 fully saturated rings. The van der Waals surface area contributed by atoms with E-state index in [1.54, 1.807) is 27.8 Å². The maximum Gasteiger partial charge on any atom is 0.243 e. The molecule has 3 nitrogen and oxygen atoms in total. The highest BCUT2D eigenvalue weighted by atomic mass is 32.2. The summed E-state index contributed by atoms with van der Waals surface area (Å²) >= 11 is 1.64. The van der Waals surface area contributed by atoms with E-state index in [1.165, 1.54) is 0 Å². The van der Waals surface area contributed by atoms with E-state index < -0.39 is 10.0 Å². The van der Waals surface area contributed by atoms with Gasteiger partial charge in [-0.3, -0.25) is 0 Å². The van der Waals surface area contributed by atoms with Gasteiger partial charge in [0.15, 0.2) is 0 Å². The molecule has 0 N–H and O–H groups in total. The van der Waals surface area contributed by atoms with Crippen LogP contribution in [0.25, 0.3) is 10.1 Å². The summed E-state index contributed by atoms with van der Waals surface area (Å²) in [5.74, 6) is 0.681. The van der Waals surface area contributed by atoms with Crippen LogP contribution in [0.4, 0.5) is 0 Å². The summed E-state index contributed by atoms with van der Waals surface area (Å²) in [7, 11) is -3.33. The average molecular weight is 309 g/mol. The largest absolute Gasteiger partial charge is 0.243 e. The van der Waals surface area contributed by atoms with E-state index in [1.807, 2.05) is 17.5 Å². The van der Waals surface area contributed by atoms with Crippen molar-refractivity contribution in [1.82, 2.24) is 4.31 Å². The molecule has 0 spiro atoms. The highest BCUT2D eigenvalue weighted by Gasteiger charge is 2.28. The fourth-order valence-corrected chi connectivity index (χ4v) is 5.09. The fourth-order valence-electron chi connectivity index (χ4n) is 2.81. The molecule has 1 aliphatic rings. The second-order valence-corrected chi connectivity index (χ2v) is 8.26. The first-order valence-electron chi connectivity index (χ1n) is 7.08. The van der Waals surface area contributed by atoms with Gasteiger partial charge in [0.05, 0.1) is 4.90 Å². The Labute approximate surface area is 124 Å². The van der Waals surface area contributed by atoms with Crippen LogP contribution in [0.1, 0.15) is 26.2 Å². The van der Waals surface area contributed by atoms with Crippen LogP contribution in [-0.4, -0.2) is 25.8 Å². The van der Waals surface area contributed by atoms with Crippen LogP contribution in [0.2, 0.25) is 0 Å². The summed E-state index contributed by atoms with van der Waals surface area (Å²) in [6.07, 6.45) is 3.11. The lowest BCUT2D eigenvalue weighted by Gasteiger charge is -2.30. The maximum absolute atomic E-state index is 12.7. The van der Waals surface area contributed by atoms with Gasteiger partial charge in [0.2, 0.25) is 10.0 Å². The van der Waals surface area contributed by atoms with Crippen molar-refractivity contribution < 1.29 is 8.42 Å². The van der Waals surface area contributed by atoms with Gasteiger partial charge < -0.3 is 0 Å². The lowest BCUT2D eigenvalue weighted by molar-refractivity contribution is 0.269. The average Bonchev–Trinajstić information content (AvgIpc) is 2.94. The Morgan fingerprint density at radius 3 is 2.70 bits per heavy atom. The van der Waals surface area contributed by atoms with E-state index >= 15 is 0 Å².